The summed E-state index contributed by atoms with van der Waals surface area (Å²) in [4.78, 5) is 0. The Bertz CT molecular complexity index is 357. The standard InChI is InChI=1S/C9H7N3/c10-5-7-2-1-3-8(4-7)9(12)6-11/h1-4,9H,12H2/t9-/m1/s1. The number of rotatable bonds is 1. The summed E-state index contributed by atoms with van der Waals surface area (Å²) in [5.41, 5.74) is 6.65. The van der Waals surface area contributed by atoms with Crippen LogP contribution in [-0.4, -0.2) is 0 Å². The highest BCUT2D eigenvalue weighted by Crippen LogP contribution is 2.10. The summed E-state index contributed by atoms with van der Waals surface area (Å²) in [5.74, 6) is 0. The van der Waals surface area contributed by atoms with E-state index in [-0.39, 0.29) is 0 Å². The molecular formula is C9H7N3. The van der Waals surface area contributed by atoms with Crippen molar-refractivity contribution in [3.8, 4) is 12.1 Å². The molecule has 0 fully saturated rings. The van der Waals surface area contributed by atoms with Gasteiger partial charge in [-0.25, -0.2) is 0 Å². The van der Waals surface area contributed by atoms with Crippen LogP contribution in [0.25, 0.3) is 0 Å². The molecule has 0 unspecified atom stereocenters. The van der Waals surface area contributed by atoms with Crippen molar-refractivity contribution in [2.24, 2.45) is 5.73 Å². The highest BCUT2D eigenvalue weighted by molar-refractivity contribution is 5.35. The fourth-order valence-corrected chi connectivity index (χ4v) is 0.876. The molecule has 12 heavy (non-hydrogen) atoms. The van der Waals surface area contributed by atoms with E-state index < -0.39 is 6.04 Å². The topological polar surface area (TPSA) is 73.6 Å². The Morgan fingerprint density at radius 1 is 1.33 bits per heavy atom. The zero-order valence-electron chi connectivity index (χ0n) is 6.36. The number of hydrogen-bond donors (Lipinski definition) is 1. The van der Waals surface area contributed by atoms with Crippen LogP contribution in [0.1, 0.15) is 17.2 Å². The normalized spacial score (nSPS) is 11.2. The van der Waals surface area contributed by atoms with Crippen LogP contribution in [0.2, 0.25) is 0 Å². The summed E-state index contributed by atoms with van der Waals surface area (Å²) < 4.78 is 0. The summed E-state index contributed by atoms with van der Waals surface area (Å²) in [6.07, 6.45) is 0. The number of nitrogens with two attached hydrogens (primary N) is 1. The van der Waals surface area contributed by atoms with Gasteiger partial charge in [0.15, 0.2) is 0 Å². The van der Waals surface area contributed by atoms with Crippen molar-refractivity contribution in [2.75, 3.05) is 0 Å². The van der Waals surface area contributed by atoms with Gasteiger partial charge in [-0.15, -0.1) is 0 Å². The van der Waals surface area contributed by atoms with Crippen LogP contribution in [0.4, 0.5) is 0 Å². The first-order valence-corrected chi connectivity index (χ1v) is 3.43. The molecule has 0 aromatic heterocycles. The van der Waals surface area contributed by atoms with Gasteiger partial charge < -0.3 is 5.73 Å². The van der Waals surface area contributed by atoms with Gasteiger partial charge >= 0.3 is 0 Å². The van der Waals surface area contributed by atoms with Gasteiger partial charge in [0.1, 0.15) is 6.04 Å². The molecule has 58 valence electrons. The fraction of sp³-hybridized carbons (Fsp3) is 0.111. The van der Waals surface area contributed by atoms with Crippen molar-refractivity contribution >= 4 is 0 Å². The third-order valence-electron chi connectivity index (χ3n) is 1.51. The van der Waals surface area contributed by atoms with Crippen LogP contribution in [0.15, 0.2) is 24.3 Å². The monoisotopic (exact) mass is 157 g/mol. The van der Waals surface area contributed by atoms with Gasteiger partial charge in [-0.2, -0.15) is 10.5 Å². The van der Waals surface area contributed by atoms with Crippen molar-refractivity contribution in [3.63, 3.8) is 0 Å². The molecule has 1 atom stereocenters. The lowest BCUT2D eigenvalue weighted by Crippen LogP contribution is -2.06. The summed E-state index contributed by atoms with van der Waals surface area (Å²) >= 11 is 0. The first-order valence-electron chi connectivity index (χ1n) is 3.43. The molecule has 0 amide bonds. The van der Waals surface area contributed by atoms with Crippen molar-refractivity contribution in [2.45, 2.75) is 6.04 Å². The van der Waals surface area contributed by atoms with Gasteiger partial charge in [-0.05, 0) is 17.7 Å². The molecule has 1 aromatic carbocycles. The SMILES string of the molecule is N#Cc1cccc([C@H](N)C#N)c1. The maximum absolute atomic E-state index is 8.54. The highest BCUT2D eigenvalue weighted by Gasteiger charge is 2.03. The molecular weight excluding hydrogens is 150 g/mol. The largest absolute Gasteiger partial charge is 0.312 e. The van der Waals surface area contributed by atoms with Gasteiger partial charge in [0.25, 0.3) is 0 Å². The van der Waals surface area contributed by atoms with E-state index in [4.69, 9.17) is 16.3 Å². The third kappa shape index (κ3) is 1.60. The molecule has 0 radical (unpaired) electrons. The number of hydrogen-bond acceptors (Lipinski definition) is 3. The predicted molar refractivity (Wildman–Crippen MR) is 43.7 cm³/mol. The lowest BCUT2D eigenvalue weighted by atomic mass is 10.1. The predicted octanol–water partition coefficient (Wildman–Crippen LogP) is 1.08. The van der Waals surface area contributed by atoms with E-state index in [9.17, 15) is 0 Å². The van der Waals surface area contributed by atoms with Gasteiger partial charge in [-0.3, -0.25) is 0 Å². The van der Waals surface area contributed by atoms with Crippen molar-refractivity contribution in [3.05, 3.63) is 35.4 Å². The van der Waals surface area contributed by atoms with Crippen LogP contribution in [0.3, 0.4) is 0 Å². The molecule has 0 aliphatic heterocycles. The van der Waals surface area contributed by atoms with E-state index >= 15 is 0 Å². The summed E-state index contributed by atoms with van der Waals surface area (Å²) in [5, 5.41) is 17.0. The molecule has 0 aliphatic carbocycles. The van der Waals surface area contributed by atoms with Gasteiger partial charge in [0.2, 0.25) is 0 Å². The maximum Gasteiger partial charge on any atom is 0.118 e. The lowest BCUT2D eigenvalue weighted by molar-refractivity contribution is 0.925. The molecule has 1 aromatic rings. The minimum Gasteiger partial charge on any atom is -0.312 e. The van der Waals surface area contributed by atoms with E-state index in [0.717, 1.165) is 0 Å². The van der Waals surface area contributed by atoms with E-state index in [1.807, 2.05) is 12.1 Å². The Morgan fingerprint density at radius 2 is 2.08 bits per heavy atom. The number of nitriles is 2. The Labute approximate surface area is 70.7 Å². The maximum atomic E-state index is 8.54. The van der Waals surface area contributed by atoms with Gasteiger partial charge in [0.05, 0.1) is 17.7 Å². The summed E-state index contributed by atoms with van der Waals surface area (Å²) in [6.45, 7) is 0. The van der Waals surface area contributed by atoms with Crippen molar-refractivity contribution in [1.29, 1.82) is 10.5 Å². The Morgan fingerprint density at radius 3 is 2.67 bits per heavy atom. The fourth-order valence-electron chi connectivity index (χ4n) is 0.876. The summed E-state index contributed by atoms with van der Waals surface area (Å²) in [7, 11) is 0. The molecule has 0 aliphatic rings. The minimum atomic E-state index is -0.640. The molecule has 0 bridgehead atoms. The lowest BCUT2D eigenvalue weighted by Gasteiger charge is -2.01. The number of nitrogens with zero attached hydrogens (tertiary/aromatic N) is 2. The molecule has 1 rings (SSSR count). The molecule has 0 spiro atoms. The van der Waals surface area contributed by atoms with Crippen LogP contribution in [-0.2, 0) is 0 Å². The Balaban J connectivity index is 3.05. The Kier molecular flexibility index (Phi) is 2.42. The second kappa shape index (κ2) is 3.52. The second-order valence-corrected chi connectivity index (χ2v) is 2.34. The van der Waals surface area contributed by atoms with Gasteiger partial charge in [-0.1, -0.05) is 12.1 Å². The minimum absolute atomic E-state index is 0.526. The molecule has 0 saturated heterocycles. The smallest absolute Gasteiger partial charge is 0.118 e. The second-order valence-electron chi connectivity index (χ2n) is 2.34. The van der Waals surface area contributed by atoms with E-state index in [1.54, 1.807) is 24.3 Å². The van der Waals surface area contributed by atoms with E-state index in [1.165, 1.54) is 0 Å². The molecule has 3 nitrogen and oxygen atoms in total. The molecule has 0 heterocycles. The first-order chi connectivity index (χ1) is 5.77. The van der Waals surface area contributed by atoms with Crippen LogP contribution in [0.5, 0.6) is 0 Å². The highest BCUT2D eigenvalue weighted by atomic mass is 14.6. The van der Waals surface area contributed by atoms with E-state index in [2.05, 4.69) is 0 Å². The first kappa shape index (κ1) is 8.26. The molecule has 0 saturated carbocycles. The zero-order chi connectivity index (χ0) is 8.97. The number of benzene rings is 1. The quantitative estimate of drug-likeness (QED) is 0.662. The van der Waals surface area contributed by atoms with Crippen molar-refractivity contribution < 1.29 is 0 Å². The molecule has 2 N–H and O–H groups in total. The van der Waals surface area contributed by atoms with Crippen LogP contribution < -0.4 is 5.73 Å². The van der Waals surface area contributed by atoms with E-state index in [0.29, 0.717) is 11.1 Å². The third-order valence-corrected chi connectivity index (χ3v) is 1.51. The average molecular weight is 157 g/mol. The van der Waals surface area contributed by atoms with Crippen LogP contribution in [0, 0.1) is 22.7 Å². The zero-order valence-corrected chi connectivity index (χ0v) is 6.36. The molecule has 3 heteroatoms. The Hall–Kier alpha value is -1.84. The van der Waals surface area contributed by atoms with Crippen LogP contribution >= 0.6 is 0 Å². The summed E-state index contributed by atoms with van der Waals surface area (Å²) in [6, 6.07) is 9.98. The van der Waals surface area contributed by atoms with Crippen molar-refractivity contribution in [1.82, 2.24) is 0 Å². The average Bonchev–Trinajstić information content (AvgIpc) is 2.17. The van der Waals surface area contributed by atoms with Gasteiger partial charge in [0, 0.05) is 0 Å².